The van der Waals surface area contributed by atoms with Gasteiger partial charge in [-0.05, 0) is 17.7 Å². The summed E-state index contributed by atoms with van der Waals surface area (Å²) in [6, 6.07) is 14.7. The fourth-order valence-electron chi connectivity index (χ4n) is 2.95. The Morgan fingerprint density at radius 1 is 1.12 bits per heavy atom. The van der Waals surface area contributed by atoms with Crippen LogP contribution in [0.3, 0.4) is 0 Å². The van der Waals surface area contributed by atoms with E-state index in [0.29, 0.717) is 17.2 Å². The molecule has 1 saturated heterocycles. The average Bonchev–Trinajstić information content (AvgIpc) is 3.08. The molecule has 2 aromatic rings. The van der Waals surface area contributed by atoms with E-state index in [1.165, 1.54) is 7.11 Å². The van der Waals surface area contributed by atoms with Crippen molar-refractivity contribution < 1.29 is 23.8 Å². The largest absolute Gasteiger partial charge is 0.497 e. The van der Waals surface area contributed by atoms with Gasteiger partial charge in [0.1, 0.15) is 18.1 Å². The van der Waals surface area contributed by atoms with E-state index in [-0.39, 0.29) is 31.4 Å². The van der Waals surface area contributed by atoms with E-state index in [2.05, 4.69) is 0 Å². The lowest BCUT2D eigenvalue weighted by atomic mass is 10.1. The van der Waals surface area contributed by atoms with Crippen molar-refractivity contribution in [3.05, 3.63) is 54.1 Å². The third-order valence-electron chi connectivity index (χ3n) is 4.36. The maximum Gasteiger partial charge on any atom is 0.311 e. The summed E-state index contributed by atoms with van der Waals surface area (Å²) in [6.45, 7) is 0.478. The average molecular weight is 355 g/mol. The second-order valence-corrected chi connectivity index (χ2v) is 6.04. The van der Waals surface area contributed by atoms with Gasteiger partial charge in [0.2, 0.25) is 5.91 Å². The summed E-state index contributed by atoms with van der Waals surface area (Å²) in [4.78, 5) is 26.3. The van der Waals surface area contributed by atoms with Gasteiger partial charge < -0.3 is 19.1 Å². The number of amides is 1. The first kappa shape index (κ1) is 17.8. The van der Waals surface area contributed by atoms with Crippen molar-refractivity contribution in [2.24, 2.45) is 5.92 Å². The lowest BCUT2D eigenvalue weighted by molar-refractivity contribution is -0.149. The molecule has 2 aromatic carbocycles. The van der Waals surface area contributed by atoms with E-state index in [4.69, 9.17) is 14.2 Å². The van der Waals surface area contributed by atoms with Crippen molar-refractivity contribution in [3.8, 4) is 11.5 Å². The van der Waals surface area contributed by atoms with Gasteiger partial charge in [-0.15, -0.1) is 0 Å². The SMILES string of the molecule is COc1ccc(N2C[C@H](C(=O)OCc3ccccc3)CC2=O)c(OC)c1. The normalized spacial score (nSPS) is 16.5. The van der Waals surface area contributed by atoms with Crippen LogP contribution >= 0.6 is 0 Å². The van der Waals surface area contributed by atoms with Crippen molar-refractivity contribution in [3.63, 3.8) is 0 Å². The van der Waals surface area contributed by atoms with E-state index >= 15 is 0 Å². The van der Waals surface area contributed by atoms with Gasteiger partial charge in [-0.1, -0.05) is 30.3 Å². The number of nitrogens with zero attached hydrogens (tertiary/aromatic N) is 1. The molecule has 1 amide bonds. The first-order valence-corrected chi connectivity index (χ1v) is 8.35. The van der Waals surface area contributed by atoms with Gasteiger partial charge in [0, 0.05) is 19.0 Å². The summed E-state index contributed by atoms with van der Waals surface area (Å²) < 4.78 is 15.9. The lowest BCUT2D eigenvalue weighted by Crippen LogP contribution is -2.26. The molecular weight excluding hydrogens is 334 g/mol. The van der Waals surface area contributed by atoms with Gasteiger partial charge in [0.25, 0.3) is 0 Å². The number of rotatable bonds is 6. The molecule has 0 bridgehead atoms. The van der Waals surface area contributed by atoms with Gasteiger partial charge in [-0.2, -0.15) is 0 Å². The molecule has 0 saturated carbocycles. The number of hydrogen-bond acceptors (Lipinski definition) is 5. The molecule has 0 spiro atoms. The number of carbonyl (C=O) groups is 2. The van der Waals surface area contributed by atoms with Crippen LogP contribution in [0.25, 0.3) is 0 Å². The zero-order chi connectivity index (χ0) is 18.5. The fourth-order valence-corrected chi connectivity index (χ4v) is 2.95. The van der Waals surface area contributed by atoms with E-state index in [9.17, 15) is 9.59 Å². The predicted molar refractivity (Wildman–Crippen MR) is 96.2 cm³/mol. The molecule has 136 valence electrons. The van der Waals surface area contributed by atoms with Gasteiger partial charge >= 0.3 is 5.97 Å². The Labute approximate surface area is 152 Å². The van der Waals surface area contributed by atoms with Gasteiger partial charge in [-0.25, -0.2) is 0 Å². The van der Waals surface area contributed by atoms with Crippen molar-refractivity contribution in [1.29, 1.82) is 0 Å². The predicted octanol–water partition coefficient (Wildman–Crippen LogP) is 2.80. The van der Waals surface area contributed by atoms with Crippen LogP contribution in [-0.4, -0.2) is 32.6 Å². The van der Waals surface area contributed by atoms with Crippen LogP contribution in [0.15, 0.2) is 48.5 Å². The zero-order valence-electron chi connectivity index (χ0n) is 14.8. The highest BCUT2D eigenvalue weighted by molar-refractivity contribution is 6.00. The number of ether oxygens (including phenoxy) is 3. The monoisotopic (exact) mass is 355 g/mol. The van der Waals surface area contributed by atoms with E-state index in [1.807, 2.05) is 30.3 Å². The van der Waals surface area contributed by atoms with Crippen LogP contribution in [0, 0.1) is 5.92 Å². The molecule has 0 aromatic heterocycles. The van der Waals surface area contributed by atoms with Crippen molar-refractivity contribution in [2.75, 3.05) is 25.7 Å². The topological polar surface area (TPSA) is 65.1 Å². The number of benzene rings is 2. The molecule has 0 N–H and O–H groups in total. The maximum atomic E-state index is 12.4. The number of hydrogen-bond donors (Lipinski definition) is 0. The maximum absolute atomic E-state index is 12.4. The van der Waals surface area contributed by atoms with Gasteiger partial charge in [0.05, 0.1) is 25.8 Å². The standard InChI is InChI=1S/C20H21NO5/c1-24-16-8-9-17(18(11-16)25-2)21-12-15(10-19(21)22)20(23)26-13-14-6-4-3-5-7-14/h3-9,11,15H,10,12-13H2,1-2H3/t15-/m1/s1. The number of esters is 1. The molecule has 1 fully saturated rings. The highest BCUT2D eigenvalue weighted by atomic mass is 16.5. The van der Waals surface area contributed by atoms with E-state index < -0.39 is 5.92 Å². The Morgan fingerprint density at radius 3 is 2.58 bits per heavy atom. The minimum atomic E-state index is -0.488. The zero-order valence-corrected chi connectivity index (χ0v) is 14.8. The molecular formula is C20H21NO5. The first-order valence-electron chi connectivity index (χ1n) is 8.35. The molecule has 1 atom stereocenters. The molecule has 6 heteroatoms. The summed E-state index contributed by atoms with van der Waals surface area (Å²) in [5.74, 6) is 0.178. The van der Waals surface area contributed by atoms with Crippen LogP contribution in [0.5, 0.6) is 11.5 Å². The summed E-state index contributed by atoms with van der Waals surface area (Å²) in [7, 11) is 3.10. The van der Waals surface area contributed by atoms with Crippen LogP contribution in [0.4, 0.5) is 5.69 Å². The first-order chi connectivity index (χ1) is 12.6. The van der Waals surface area contributed by atoms with Crippen LogP contribution in [-0.2, 0) is 20.9 Å². The summed E-state index contributed by atoms with van der Waals surface area (Å²) in [5.41, 5.74) is 1.54. The van der Waals surface area contributed by atoms with Crippen molar-refractivity contribution in [2.45, 2.75) is 13.0 Å². The number of carbonyl (C=O) groups excluding carboxylic acids is 2. The molecule has 1 aliphatic rings. The van der Waals surface area contributed by atoms with Crippen LogP contribution in [0.1, 0.15) is 12.0 Å². The fraction of sp³-hybridized carbons (Fsp3) is 0.300. The molecule has 1 aliphatic heterocycles. The summed E-state index contributed by atoms with van der Waals surface area (Å²) >= 11 is 0. The summed E-state index contributed by atoms with van der Waals surface area (Å²) in [6.07, 6.45) is 0.128. The van der Waals surface area contributed by atoms with Crippen LogP contribution in [0.2, 0.25) is 0 Å². The second kappa shape index (κ2) is 7.91. The minimum Gasteiger partial charge on any atom is -0.497 e. The lowest BCUT2D eigenvalue weighted by Gasteiger charge is -2.20. The minimum absolute atomic E-state index is 0.128. The van der Waals surface area contributed by atoms with Gasteiger partial charge in [0.15, 0.2) is 0 Å². The van der Waals surface area contributed by atoms with Crippen LogP contribution < -0.4 is 14.4 Å². The number of anilines is 1. The molecule has 3 rings (SSSR count). The molecule has 0 unspecified atom stereocenters. The summed E-state index contributed by atoms with van der Waals surface area (Å²) in [5, 5.41) is 0. The molecule has 1 heterocycles. The molecule has 6 nitrogen and oxygen atoms in total. The third kappa shape index (κ3) is 3.79. The van der Waals surface area contributed by atoms with E-state index in [0.717, 1.165) is 5.56 Å². The van der Waals surface area contributed by atoms with Gasteiger partial charge in [-0.3, -0.25) is 9.59 Å². The van der Waals surface area contributed by atoms with Crippen molar-refractivity contribution >= 4 is 17.6 Å². The molecule has 0 aliphatic carbocycles. The third-order valence-corrected chi connectivity index (χ3v) is 4.36. The Hall–Kier alpha value is -3.02. The van der Waals surface area contributed by atoms with E-state index in [1.54, 1.807) is 30.2 Å². The Kier molecular flexibility index (Phi) is 5.41. The quantitative estimate of drug-likeness (QED) is 0.746. The Bertz CT molecular complexity index is 790. The highest BCUT2D eigenvalue weighted by Crippen LogP contribution is 2.36. The smallest absolute Gasteiger partial charge is 0.311 e. The van der Waals surface area contributed by atoms with Crippen molar-refractivity contribution in [1.82, 2.24) is 0 Å². The molecule has 0 radical (unpaired) electrons. The second-order valence-electron chi connectivity index (χ2n) is 6.04. The highest BCUT2D eigenvalue weighted by Gasteiger charge is 2.37. The number of methoxy groups -OCH3 is 2. The Morgan fingerprint density at radius 2 is 1.88 bits per heavy atom. The molecule has 26 heavy (non-hydrogen) atoms. The Balaban J connectivity index is 1.67.